The highest BCUT2D eigenvalue weighted by molar-refractivity contribution is 5.94. The standard InChI is InChI=1S/C28H33N7O/c1-2-3-5-14-25-29-28(26(36)22-10-6-4-7-11-22)32-35(25)19-20-15-17-21(18-16-20)23-12-8-9-13-24(23)27-30-33-34-31-27/h8-9,12-13,15-18,22H,2-7,10-11,14,19H2,1H3,(H,30,31,33,34). The van der Waals surface area contributed by atoms with E-state index in [-0.39, 0.29) is 11.7 Å². The number of tetrazole rings is 1. The number of Topliss-reactive ketones (excluding diaryl/α,β-unsaturated/α-hetero) is 1. The van der Waals surface area contributed by atoms with Crippen molar-refractivity contribution < 1.29 is 4.79 Å². The summed E-state index contributed by atoms with van der Waals surface area (Å²) in [6.45, 7) is 2.79. The van der Waals surface area contributed by atoms with Crippen molar-refractivity contribution in [1.82, 2.24) is 35.4 Å². The topological polar surface area (TPSA) is 102 Å². The summed E-state index contributed by atoms with van der Waals surface area (Å²) >= 11 is 0. The number of aryl methyl sites for hydroxylation is 1. The third-order valence-electron chi connectivity index (χ3n) is 7.06. The Bertz CT molecular complexity index is 1270. The van der Waals surface area contributed by atoms with Gasteiger partial charge in [0, 0.05) is 17.9 Å². The molecule has 8 heteroatoms. The van der Waals surface area contributed by atoms with Gasteiger partial charge in [-0.25, -0.2) is 9.67 Å². The first-order valence-corrected chi connectivity index (χ1v) is 13.1. The molecule has 0 spiro atoms. The van der Waals surface area contributed by atoms with E-state index in [4.69, 9.17) is 10.1 Å². The van der Waals surface area contributed by atoms with Crippen molar-refractivity contribution in [3.63, 3.8) is 0 Å². The van der Waals surface area contributed by atoms with Crippen LogP contribution in [-0.4, -0.2) is 41.2 Å². The number of carbonyl (C=O) groups is 1. The lowest BCUT2D eigenvalue weighted by Crippen LogP contribution is -2.19. The molecule has 8 nitrogen and oxygen atoms in total. The van der Waals surface area contributed by atoms with Crippen molar-refractivity contribution in [2.75, 3.05) is 0 Å². The molecule has 4 aromatic rings. The maximum atomic E-state index is 13.1. The molecule has 1 saturated carbocycles. The van der Waals surface area contributed by atoms with Crippen molar-refractivity contribution in [3.8, 4) is 22.5 Å². The molecule has 186 valence electrons. The average molecular weight is 484 g/mol. The summed E-state index contributed by atoms with van der Waals surface area (Å²) in [4.78, 5) is 17.9. The van der Waals surface area contributed by atoms with Crippen molar-refractivity contribution >= 4 is 5.78 Å². The minimum absolute atomic E-state index is 0.0802. The quantitative estimate of drug-likeness (QED) is 0.230. The fraction of sp³-hybridized carbons (Fsp3) is 0.429. The summed E-state index contributed by atoms with van der Waals surface area (Å²) in [5, 5.41) is 19.2. The minimum atomic E-state index is 0.0802. The molecular weight excluding hydrogens is 450 g/mol. The molecule has 5 rings (SSSR count). The van der Waals surface area contributed by atoms with E-state index in [1.54, 1.807) is 0 Å². The van der Waals surface area contributed by atoms with Gasteiger partial charge in [0.2, 0.25) is 17.4 Å². The second kappa shape index (κ2) is 11.4. The second-order valence-electron chi connectivity index (χ2n) is 9.64. The van der Waals surface area contributed by atoms with E-state index in [2.05, 4.69) is 57.9 Å². The van der Waals surface area contributed by atoms with Gasteiger partial charge in [-0.3, -0.25) is 4.79 Å². The molecule has 0 amide bonds. The normalized spacial score (nSPS) is 14.2. The SMILES string of the molecule is CCCCCc1nc(C(=O)C2CCCCC2)nn1Cc1ccc(-c2ccccc2-c2nn[nH]n2)cc1. The molecule has 36 heavy (non-hydrogen) atoms. The predicted molar refractivity (Wildman–Crippen MR) is 138 cm³/mol. The zero-order valence-corrected chi connectivity index (χ0v) is 20.9. The summed E-state index contributed by atoms with van der Waals surface area (Å²) in [6, 6.07) is 16.5. The number of aromatic nitrogens is 7. The summed E-state index contributed by atoms with van der Waals surface area (Å²) in [5.41, 5.74) is 4.18. The van der Waals surface area contributed by atoms with Crippen LogP contribution in [-0.2, 0) is 13.0 Å². The van der Waals surface area contributed by atoms with E-state index in [1.807, 2.05) is 22.9 Å². The van der Waals surface area contributed by atoms with Crippen LogP contribution in [0.5, 0.6) is 0 Å². The van der Waals surface area contributed by atoms with Crippen LogP contribution < -0.4 is 0 Å². The van der Waals surface area contributed by atoms with Crippen LogP contribution in [0.1, 0.15) is 80.3 Å². The highest BCUT2D eigenvalue weighted by Gasteiger charge is 2.26. The van der Waals surface area contributed by atoms with Gasteiger partial charge in [0.15, 0.2) is 0 Å². The Morgan fingerprint density at radius 3 is 2.50 bits per heavy atom. The summed E-state index contributed by atoms with van der Waals surface area (Å²) in [5.74, 6) is 2.09. The molecule has 0 bridgehead atoms. The third kappa shape index (κ3) is 5.42. The number of rotatable bonds is 10. The molecule has 2 aromatic carbocycles. The fourth-order valence-corrected chi connectivity index (χ4v) is 5.04. The summed E-state index contributed by atoms with van der Waals surface area (Å²) in [7, 11) is 0. The van der Waals surface area contributed by atoms with E-state index in [9.17, 15) is 4.79 Å². The highest BCUT2D eigenvalue weighted by Crippen LogP contribution is 2.30. The van der Waals surface area contributed by atoms with Gasteiger partial charge in [-0.15, -0.1) is 15.3 Å². The average Bonchev–Trinajstić information content (AvgIpc) is 3.60. The van der Waals surface area contributed by atoms with Gasteiger partial charge >= 0.3 is 0 Å². The minimum Gasteiger partial charge on any atom is -0.290 e. The van der Waals surface area contributed by atoms with Gasteiger partial charge in [-0.2, -0.15) is 5.21 Å². The van der Waals surface area contributed by atoms with Crippen LogP contribution in [0, 0.1) is 5.92 Å². The Morgan fingerprint density at radius 2 is 1.78 bits per heavy atom. The molecule has 2 heterocycles. The molecular formula is C28H33N7O. The first-order chi connectivity index (χ1) is 17.7. The number of nitrogens with zero attached hydrogens (tertiary/aromatic N) is 6. The van der Waals surface area contributed by atoms with E-state index >= 15 is 0 Å². The van der Waals surface area contributed by atoms with Crippen molar-refractivity contribution in [2.45, 2.75) is 71.3 Å². The fourth-order valence-electron chi connectivity index (χ4n) is 5.04. The lowest BCUT2D eigenvalue weighted by molar-refractivity contribution is 0.0878. The molecule has 2 aromatic heterocycles. The number of H-pyrrole nitrogens is 1. The number of hydrogen-bond acceptors (Lipinski definition) is 6. The number of nitrogens with one attached hydrogen (secondary N) is 1. The van der Waals surface area contributed by atoms with Crippen LogP contribution >= 0.6 is 0 Å². The Balaban J connectivity index is 1.37. The van der Waals surface area contributed by atoms with Crippen molar-refractivity contribution in [3.05, 3.63) is 65.7 Å². The number of hydrogen-bond donors (Lipinski definition) is 1. The van der Waals surface area contributed by atoms with E-state index in [0.717, 1.165) is 79.4 Å². The number of carbonyl (C=O) groups excluding carboxylic acids is 1. The molecule has 1 aliphatic rings. The Kier molecular flexibility index (Phi) is 7.59. The first-order valence-electron chi connectivity index (χ1n) is 13.1. The number of ketones is 1. The third-order valence-corrected chi connectivity index (χ3v) is 7.06. The highest BCUT2D eigenvalue weighted by atomic mass is 16.1. The molecule has 1 aliphatic carbocycles. The molecule has 0 unspecified atom stereocenters. The van der Waals surface area contributed by atoms with Crippen LogP contribution in [0.2, 0.25) is 0 Å². The molecule has 1 fully saturated rings. The van der Waals surface area contributed by atoms with Gasteiger partial charge in [-0.05, 0) is 41.2 Å². The summed E-state index contributed by atoms with van der Waals surface area (Å²) in [6.07, 6.45) is 9.60. The Morgan fingerprint density at radius 1 is 1.00 bits per heavy atom. The van der Waals surface area contributed by atoms with Gasteiger partial charge in [0.1, 0.15) is 5.82 Å². The van der Waals surface area contributed by atoms with Gasteiger partial charge in [0.25, 0.3) is 0 Å². The summed E-state index contributed by atoms with van der Waals surface area (Å²) < 4.78 is 1.94. The van der Waals surface area contributed by atoms with Gasteiger partial charge < -0.3 is 0 Å². The van der Waals surface area contributed by atoms with E-state index in [1.165, 1.54) is 6.42 Å². The van der Waals surface area contributed by atoms with E-state index in [0.29, 0.717) is 18.2 Å². The Labute approximate surface area is 211 Å². The number of aromatic amines is 1. The van der Waals surface area contributed by atoms with Crippen LogP contribution in [0.4, 0.5) is 0 Å². The lowest BCUT2D eigenvalue weighted by atomic mass is 9.86. The molecule has 0 radical (unpaired) electrons. The monoisotopic (exact) mass is 483 g/mol. The molecule has 0 aliphatic heterocycles. The lowest BCUT2D eigenvalue weighted by Gasteiger charge is -2.18. The molecule has 0 saturated heterocycles. The number of benzene rings is 2. The number of unbranched alkanes of at least 4 members (excludes halogenated alkanes) is 2. The van der Waals surface area contributed by atoms with Gasteiger partial charge in [0.05, 0.1) is 6.54 Å². The maximum absolute atomic E-state index is 13.1. The largest absolute Gasteiger partial charge is 0.290 e. The maximum Gasteiger partial charge on any atom is 0.217 e. The van der Waals surface area contributed by atoms with Gasteiger partial charge in [-0.1, -0.05) is 87.6 Å². The van der Waals surface area contributed by atoms with Crippen LogP contribution in [0.15, 0.2) is 48.5 Å². The molecule has 1 N–H and O–H groups in total. The zero-order valence-electron chi connectivity index (χ0n) is 20.9. The zero-order chi connectivity index (χ0) is 24.7. The van der Waals surface area contributed by atoms with Crippen LogP contribution in [0.25, 0.3) is 22.5 Å². The van der Waals surface area contributed by atoms with E-state index < -0.39 is 0 Å². The Hall–Kier alpha value is -3.68. The van der Waals surface area contributed by atoms with Crippen molar-refractivity contribution in [2.24, 2.45) is 5.92 Å². The predicted octanol–water partition coefficient (Wildman–Crippen LogP) is 5.67. The second-order valence-corrected chi connectivity index (χ2v) is 9.64. The smallest absolute Gasteiger partial charge is 0.217 e. The first kappa shape index (κ1) is 24.0. The van der Waals surface area contributed by atoms with Crippen molar-refractivity contribution in [1.29, 1.82) is 0 Å². The van der Waals surface area contributed by atoms with Crippen LogP contribution in [0.3, 0.4) is 0 Å². The molecule has 0 atom stereocenters.